The van der Waals surface area contributed by atoms with Crippen LogP contribution in [0.3, 0.4) is 0 Å². The van der Waals surface area contributed by atoms with Crippen LogP contribution in [0, 0.1) is 11.3 Å². The lowest BCUT2D eigenvalue weighted by molar-refractivity contribution is 0.0260. The lowest BCUT2D eigenvalue weighted by Gasteiger charge is -2.26. The van der Waals surface area contributed by atoms with Gasteiger partial charge in [-0.15, -0.1) is 0 Å². The molecule has 1 aliphatic heterocycles. The Labute approximate surface area is 115 Å². The number of hydrogen-bond donors (Lipinski definition) is 1. The van der Waals surface area contributed by atoms with Crippen LogP contribution in [-0.4, -0.2) is 35.2 Å². The molecule has 3 rings (SSSR count). The summed E-state index contributed by atoms with van der Waals surface area (Å²) in [6.45, 7) is 7.52. The zero-order chi connectivity index (χ0) is 13.9. The number of rotatable bonds is 3. The Morgan fingerprint density at radius 3 is 2.63 bits per heavy atom. The Kier molecular flexibility index (Phi) is 2.70. The third-order valence-corrected chi connectivity index (χ3v) is 4.97. The lowest BCUT2D eigenvalue weighted by atomic mass is 9.95. The summed E-state index contributed by atoms with van der Waals surface area (Å²) >= 11 is 0. The summed E-state index contributed by atoms with van der Waals surface area (Å²) < 4.78 is 5.46. The number of carbonyl (C=O) groups excluding carboxylic acids is 1. The summed E-state index contributed by atoms with van der Waals surface area (Å²) in [5.74, 6) is 0.697. The average Bonchev–Trinajstić information content (AvgIpc) is 3.14. The van der Waals surface area contributed by atoms with Crippen LogP contribution in [0.5, 0.6) is 0 Å². The molecule has 4 heteroatoms. The number of nitrogens with two attached hydrogens (primary N) is 1. The Hall–Kier alpha value is -0.770. The maximum atomic E-state index is 12.1. The molecule has 2 aliphatic carbocycles. The summed E-state index contributed by atoms with van der Waals surface area (Å²) in [5, 5.41) is 0. The van der Waals surface area contributed by atoms with Crippen molar-refractivity contribution in [2.45, 2.75) is 64.0 Å². The second-order valence-electron chi connectivity index (χ2n) is 7.99. The van der Waals surface area contributed by atoms with Gasteiger partial charge in [-0.1, -0.05) is 0 Å². The average molecular weight is 266 g/mol. The molecule has 0 radical (unpaired) electrons. The van der Waals surface area contributed by atoms with Crippen molar-refractivity contribution < 1.29 is 9.53 Å². The van der Waals surface area contributed by atoms with Gasteiger partial charge in [0.1, 0.15) is 5.60 Å². The zero-order valence-corrected chi connectivity index (χ0v) is 12.4. The fourth-order valence-corrected chi connectivity index (χ4v) is 3.35. The van der Waals surface area contributed by atoms with E-state index >= 15 is 0 Å². The molecule has 0 aromatic rings. The molecule has 0 bridgehead atoms. The quantitative estimate of drug-likeness (QED) is 0.854. The van der Waals surface area contributed by atoms with E-state index in [1.165, 1.54) is 25.7 Å². The molecule has 2 N–H and O–H groups in total. The van der Waals surface area contributed by atoms with E-state index in [1.807, 2.05) is 25.7 Å². The van der Waals surface area contributed by atoms with Crippen LogP contribution >= 0.6 is 0 Å². The van der Waals surface area contributed by atoms with Crippen molar-refractivity contribution in [1.82, 2.24) is 4.90 Å². The van der Waals surface area contributed by atoms with Crippen molar-refractivity contribution >= 4 is 6.09 Å². The Bertz CT molecular complexity index is 397. The van der Waals surface area contributed by atoms with Crippen LogP contribution in [0.15, 0.2) is 0 Å². The largest absolute Gasteiger partial charge is 0.444 e. The number of hydrogen-bond acceptors (Lipinski definition) is 3. The highest BCUT2D eigenvalue weighted by atomic mass is 16.6. The molecule has 1 heterocycles. The highest BCUT2D eigenvalue weighted by Crippen LogP contribution is 2.61. The van der Waals surface area contributed by atoms with Gasteiger partial charge in [-0.3, -0.25) is 0 Å². The topological polar surface area (TPSA) is 55.6 Å². The van der Waals surface area contributed by atoms with Crippen LogP contribution in [0.2, 0.25) is 0 Å². The number of piperidine rings is 1. The first-order valence-corrected chi connectivity index (χ1v) is 7.48. The number of carbonyl (C=O) groups is 1. The van der Waals surface area contributed by atoms with E-state index < -0.39 is 5.60 Å². The van der Waals surface area contributed by atoms with Crippen molar-refractivity contribution in [3.05, 3.63) is 0 Å². The van der Waals surface area contributed by atoms with Gasteiger partial charge < -0.3 is 15.4 Å². The number of nitrogens with zero attached hydrogens (tertiary/aromatic N) is 1. The second-order valence-corrected chi connectivity index (χ2v) is 7.99. The normalized spacial score (nSPS) is 34.9. The van der Waals surface area contributed by atoms with Crippen LogP contribution in [-0.2, 0) is 4.74 Å². The van der Waals surface area contributed by atoms with Gasteiger partial charge >= 0.3 is 6.09 Å². The van der Waals surface area contributed by atoms with E-state index in [0.29, 0.717) is 11.3 Å². The second kappa shape index (κ2) is 3.87. The first-order valence-electron chi connectivity index (χ1n) is 7.48. The number of ether oxygens (including phenoxy) is 1. The van der Waals surface area contributed by atoms with E-state index in [1.54, 1.807) is 0 Å². The maximum absolute atomic E-state index is 12.1. The Morgan fingerprint density at radius 2 is 2.05 bits per heavy atom. The SMILES string of the molecule is CC(C)(C)OC(=O)N1CC2CC2(CCC2(N)CC2)C1. The van der Waals surface area contributed by atoms with Crippen molar-refractivity contribution in [1.29, 1.82) is 0 Å². The molecule has 108 valence electrons. The van der Waals surface area contributed by atoms with Crippen LogP contribution in [0.25, 0.3) is 0 Å². The monoisotopic (exact) mass is 266 g/mol. The van der Waals surface area contributed by atoms with Gasteiger partial charge in [0.25, 0.3) is 0 Å². The van der Waals surface area contributed by atoms with E-state index in [9.17, 15) is 4.79 Å². The Morgan fingerprint density at radius 1 is 1.37 bits per heavy atom. The first-order chi connectivity index (χ1) is 8.72. The fourth-order valence-electron chi connectivity index (χ4n) is 3.35. The summed E-state index contributed by atoms with van der Waals surface area (Å²) in [6, 6.07) is 0. The summed E-state index contributed by atoms with van der Waals surface area (Å²) in [5.41, 5.74) is 6.30. The standard InChI is InChI=1S/C15H26N2O2/c1-13(2,3)19-12(18)17-9-11-8-14(11,10-17)4-5-15(16)6-7-15/h11H,4-10,16H2,1-3H3. The molecule has 0 aromatic heterocycles. The minimum atomic E-state index is -0.396. The third-order valence-electron chi connectivity index (χ3n) is 4.97. The molecular weight excluding hydrogens is 240 g/mol. The first kappa shape index (κ1) is 13.2. The van der Waals surface area contributed by atoms with E-state index in [-0.39, 0.29) is 11.6 Å². The van der Waals surface area contributed by atoms with Crippen molar-refractivity contribution in [3.8, 4) is 0 Å². The molecule has 1 saturated heterocycles. The lowest BCUT2D eigenvalue weighted by Crippen LogP contribution is -2.37. The summed E-state index contributed by atoms with van der Waals surface area (Å²) in [4.78, 5) is 14.0. The van der Waals surface area contributed by atoms with Gasteiger partial charge in [0, 0.05) is 18.6 Å². The summed E-state index contributed by atoms with van der Waals surface area (Å²) in [7, 11) is 0. The van der Waals surface area contributed by atoms with Gasteiger partial charge in [-0.25, -0.2) is 4.79 Å². The molecule has 0 aromatic carbocycles. The van der Waals surface area contributed by atoms with Crippen LogP contribution in [0.1, 0.15) is 52.9 Å². The zero-order valence-electron chi connectivity index (χ0n) is 12.4. The molecule has 19 heavy (non-hydrogen) atoms. The van der Waals surface area contributed by atoms with Crippen molar-refractivity contribution in [2.75, 3.05) is 13.1 Å². The smallest absolute Gasteiger partial charge is 0.410 e. The van der Waals surface area contributed by atoms with Gasteiger partial charge in [-0.2, -0.15) is 0 Å². The Balaban J connectivity index is 1.51. The van der Waals surface area contributed by atoms with Crippen molar-refractivity contribution in [2.24, 2.45) is 17.1 Å². The predicted octanol–water partition coefficient (Wildman–Crippen LogP) is 2.51. The molecule has 1 amide bonds. The van der Waals surface area contributed by atoms with E-state index in [2.05, 4.69) is 0 Å². The molecule has 2 saturated carbocycles. The molecular formula is C15H26N2O2. The number of likely N-dealkylation sites (tertiary alicyclic amines) is 1. The summed E-state index contributed by atoms with van der Waals surface area (Å²) in [6.07, 6.45) is 5.82. The molecule has 4 nitrogen and oxygen atoms in total. The maximum Gasteiger partial charge on any atom is 0.410 e. The molecule has 2 atom stereocenters. The van der Waals surface area contributed by atoms with Gasteiger partial charge in [0.2, 0.25) is 0 Å². The van der Waals surface area contributed by atoms with Crippen molar-refractivity contribution in [3.63, 3.8) is 0 Å². The highest BCUT2D eigenvalue weighted by Gasteiger charge is 2.61. The highest BCUT2D eigenvalue weighted by molar-refractivity contribution is 5.69. The molecule has 0 spiro atoms. The minimum Gasteiger partial charge on any atom is -0.444 e. The van der Waals surface area contributed by atoms with Crippen LogP contribution < -0.4 is 5.73 Å². The van der Waals surface area contributed by atoms with Crippen LogP contribution in [0.4, 0.5) is 4.79 Å². The van der Waals surface area contributed by atoms with Gasteiger partial charge in [0.05, 0.1) is 0 Å². The van der Waals surface area contributed by atoms with E-state index in [0.717, 1.165) is 19.5 Å². The minimum absolute atomic E-state index is 0.140. The van der Waals surface area contributed by atoms with Gasteiger partial charge in [0.15, 0.2) is 0 Å². The molecule has 3 aliphatic rings. The van der Waals surface area contributed by atoms with Gasteiger partial charge in [-0.05, 0) is 64.2 Å². The predicted molar refractivity (Wildman–Crippen MR) is 73.7 cm³/mol. The van der Waals surface area contributed by atoms with E-state index in [4.69, 9.17) is 10.5 Å². The third kappa shape index (κ3) is 2.73. The molecule has 2 unspecified atom stereocenters. The molecule has 3 fully saturated rings. The number of fused-ring (bicyclic) bond motifs is 1. The fraction of sp³-hybridized carbons (Fsp3) is 0.933. The number of amides is 1.